The highest BCUT2D eigenvalue weighted by molar-refractivity contribution is 7.92. The van der Waals surface area contributed by atoms with E-state index < -0.39 is 178 Å². The van der Waals surface area contributed by atoms with E-state index in [1.165, 1.54) is 69.4 Å². The number of hydrogen-bond acceptors (Lipinski definition) is 23. The summed E-state index contributed by atoms with van der Waals surface area (Å²) in [6, 6.07) is 8.59. The Balaban J connectivity index is 1.04. The number of aromatic nitrogens is 3. The number of amides is 6. The molecule has 3 aromatic carbocycles. The van der Waals surface area contributed by atoms with E-state index in [1.54, 1.807) is 0 Å². The molecule has 3 heterocycles. The molecule has 1 fully saturated rings. The van der Waals surface area contributed by atoms with Crippen LogP contribution >= 0.6 is 11.3 Å². The maximum Gasteiger partial charge on any atom is 0.414 e. The molecule has 6 rings (SSSR count). The van der Waals surface area contributed by atoms with Crippen molar-refractivity contribution in [1.82, 2.24) is 30.9 Å². The van der Waals surface area contributed by atoms with Gasteiger partial charge in [0, 0.05) is 22.9 Å². The Labute approximate surface area is 509 Å². The van der Waals surface area contributed by atoms with E-state index in [2.05, 4.69) is 41.5 Å². The van der Waals surface area contributed by atoms with Crippen molar-refractivity contribution in [3.63, 3.8) is 0 Å². The molecule has 16 N–H and O–H groups in total. The van der Waals surface area contributed by atoms with Gasteiger partial charge in [0.05, 0.1) is 46.6 Å². The fourth-order valence-corrected chi connectivity index (χ4v) is 10.8. The van der Waals surface area contributed by atoms with Crippen molar-refractivity contribution in [3.05, 3.63) is 101 Å². The van der Waals surface area contributed by atoms with E-state index in [9.17, 15) is 86.8 Å². The summed E-state index contributed by atoms with van der Waals surface area (Å²) in [4.78, 5) is 90.9. The average Bonchev–Trinajstić information content (AvgIpc) is 1.81. The molecule has 34 heteroatoms. The van der Waals surface area contributed by atoms with Crippen LogP contribution in [-0.2, 0) is 60.2 Å². The number of carbonyl (C=O) groups is 6. The first-order chi connectivity index (χ1) is 41.8. The molecule has 29 nitrogen and oxygen atoms in total. The highest BCUT2D eigenvalue weighted by Gasteiger charge is 2.48. The number of carbonyl (C=O) groups excluding carboxylic acids is 6. The topological polar surface area (TPSA) is 463 Å². The predicted molar refractivity (Wildman–Crippen MR) is 307 cm³/mol. The molecule has 6 amide bonds. The van der Waals surface area contributed by atoms with Gasteiger partial charge in [-0.25, -0.2) is 41.3 Å². The number of nitrogens with zero attached hydrogens (tertiary/aromatic N) is 3. The largest absolute Gasteiger partial charge is 0.444 e. The van der Waals surface area contributed by atoms with Crippen molar-refractivity contribution in [2.45, 2.75) is 138 Å². The molecule has 3 unspecified atom stereocenters. The standard InChI is InChI=1S/C55H67F3N10O19S2/c1-23(2)37(65-50(81)42(76)41(75)44(33(71)20-69)87-51-43(77)40(74)39(73)34(21-70)86-51)49(80)61-24(3)47(78)63-32(19-35(59)72)48(79)62-26-15-13-25(14-16-26)22-85-54(82)67-53-60-18-17-31(64-53)45-38(66-52(88-45)55(4,5)6)27-9-7-12-30(36(27)58)68-89(83,84)46-28(56)10-8-11-29(46)57/h7-18,23-24,32-34,37,39-44,51,68-71,73-77H,19-22H2,1-6H3,(H2,59,72)(H,61,80)(H,62,79)(H,63,78)(H,65,81)(H,60,64,67,82)/t24?,32?,33-,34-,37?,39+,40+,41+,42-,43-,44+,51+/m1/s1. The van der Waals surface area contributed by atoms with Crippen molar-refractivity contribution in [2.75, 3.05) is 28.6 Å². The Morgan fingerprint density at radius 1 is 0.798 bits per heavy atom. The van der Waals surface area contributed by atoms with Crippen molar-refractivity contribution < 1.29 is 105 Å². The number of primary amides is 1. The summed E-state index contributed by atoms with van der Waals surface area (Å²) in [6.07, 6.45) is -19.0. The number of sulfonamides is 1. The van der Waals surface area contributed by atoms with Gasteiger partial charge in [-0.1, -0.05) is 58.9 Å². The van der Waals surface area contributed by atoms with Gasteiger partial charge in [-0.15, -0.1) is 11.3 Å². The molecule has 12 atom stereocenters. The summed E-state index contributed by atoms with van der Waals surface area (Å²) in [6.45, 7) is 7.23. The number of rotatable bonds is 26. The molecule has 1 aliphatic rings. The molecule has 5 aromatic rings. The van der Waals surface area contributed by atoms with E-state index in [-0.39, 0.29) is 40.1 Å². The Morgan fingerprint density at radius 2 is 1.45 bits per heavy atom. The summed E-state index contributed by atoms with van der Waals surface area (Å²) >= 11 is 1.12. The third-order valence-corrected chi connectivity index (χ3v) is 16.2. The van der Waals surface area contributed by atoms with Crippen molar-refractivity contribution in [3.8, 4) is 21.8 Å². The molecule has 2 aromatic heterocycles. The molecule has 89 heavy (non-hydrogen) atoms. The fourth-order valence-electron chi connectivity index (χ4n) is 8.48. The minimum atomic E-state index is -4.97. The summed E-state index contributed by atoms with van der Waals surface area (Å²) < 4.78 is 89.3. The maximum absolute atomic E-state index is 16.4. The van der Waals surface area contributed by atoms with Gasteiger partial charge in [-0.05, 0) is 60.9 Å². The lowest BCUT2D eigenvalue weighted by Crippen LogP contribution is -2.62. The van der Waals surface area contributed by atoms with Gasteiger partial charge in [0.2, 0.25) is 29.6 Å². The highest BCUT2D eigenvalue weighted by atomic mass is 32.2. The number of anilines is 3. The Hall–Kier alpha value is -7.87. The highest BCUT2D eigenvalue weighted by Crippen LogP contribution is 2.42. The normalized spacial score (nSPS) is 19.3. The molecular formula is C55H67F3N10O19S2. The number of hydrogen-bond donors (Lipinski definition) is 15. The smallest absolute Gasteiger partial charge is 0.414 e. The van der Waals surface area contributed by atoms with Crippen LogP contribution in [0.1, 0.15) is 58.5 Å². The van der Waals surface area contributed by atoms with Crippen LogP contribution in [0.4, 0.5) is 35.3 Å². The average molecular weight is 1290 g/mol. The van der Waals surface area contributed by atoms with Crippen LogP contribution in [0.25, 0.3) is 21.8 Å². The number of nitrogens with one attached hydrogen (secondary N) is 6. The van der Waals surface area contributed by atoms with Gasteiger partial charge in [-0.3, -0.25) is 34.0 Å². The minimum Gasteiger partial charge on any atom is -0.444 e. The first-order valence-electron chi connectivity index (χ1n) is 27.0. The van der Waals surface area contributed by atoms with E-state index in [4.69, 9.17) is 19.9 Å². The molecule has 1 aliphatic heterocycles. The summed E-state index contributed by atoms with van der Waals surface area (Å²) in [5.74, 6) is -10.4. The molecule has 0 saturated carbocycles. The maximum atomic E-state index is 16.4. The molecule has 0 aliphatic carbocycles. The second-order valence-corrected chi connectivity index (χ2v) is 24.2. The van der Waals surface area contributed by atoms with Gasteiger partial charge >= 0.3 is 6.09 Å². The number of thiazole rings is 1. The van der Waals surface area contributed by atoms with Crippen LogP contribution < -0.4 is 37.0 Å². The van der Waals surface area contributed by atoms with E-state index in [0.717, 1.165) is 35.6 Å². The summed E-state index contributed by atoms with van der Waals surface area (Å²) in [5.41, 5.74) is 4.62. The lowest BCUT2D eigenvalue weighted by molar-refractivity contribution is -0.326. The van der Waals surface area contributed by atoms with Gasteiger partial charge in [0.1, 0.15) is 79.1 Å². The van der Waals surface area contributed by atoms with E-state index in [1.807, 2.05) is 25.5 Å². The summed E-state index contributed by atoms with van der Waals surface area (Å²) in [7, 11) is -4.97. The first kappa shape index (κ1) is 70.2. The second kappa shape index (κ2) is 30.1. The fraction of sp³-hybridized carbons (Fsp3) is 0.436. The Morgan fingerprint density at radius 3 is 2.06 bits per heavy atom. The molecule has 484 valence electrons. The molecule has 0 spiro atoms. The second-order valence-electron chi connectivity index (χ2n) is 21.6. The zero-order valence-electron chi connectivity index (χ0n) is 48.2. The zero-order chi connectivity index (χ0) is 66.0. The zero-order valence-corrected chi connectivity index (χ0v) is 49.8. The predicted octanol–water partition coefficient (Wildman–Crippen LogP) is -0.264. The third kappa shape index (κ3) is 17.7. The Kier molecular flexibility index (Phi) is 23.7. The molecule has 0 radical (unpaired) electrons. The Bertz CT molecular complexity index is 3450. The quantitative estimate of drug-likeness (QED) is 0.0339. The van der Waals surface area contributed by atoms with E-state index in [0.29, 0.717) is 10.6 Å². The van der Waals surface area contributed by atoms with Gasteiger partial charge in [0.15, 0.2) is 23.1 Å². The van der Waals surface area contributed by atoms with Crippen LogP contribution in [0.3, 0.4) is 0 Å². The van der Waals surface area contributed by atoms with Crippen LogP contribution in [0.2, 0.25) is 0 Å². The molecule has 0 bridgehead atoms. The number of halogens is 3. The first-order valence-corrected chi connectivity index (χ1v) is 29.3. The number of ether oxygens (including phenoxy) is 3. The lowest BCUT2D eigenvalue weighted by Gasteiger charge is -2.42. The third-order valence-electron chi connectivity index (χ3n) is 13.3. The van der Waals surface area contributed by atoms with Crippen LogP contribution in [0.15, 0.2) is 77.8 Å². The van der Waals surface area contributed by atoms with Gasteiger partial charge in [-0.2, -0.15) is 0 Å². The summed E-state index contributed by atoms with van der Waals surface area (Å²) in [5, 5.41) is 94.2. The van der Waals surface area contributed by atoms with Crippen LogP contribution in [0, 0.1) is 23.4 Å². The van der Waals surface area contributed by atoms with Crippen LogP contribution in [-0.4, -0.2) is 186 Å². The SMILES string of the molecule is CC(NC(=O)C(NC(=O)[C@H](O)[C@H](O)[C@@H](O[C@@H]1O[C@H](CO)[C@H](O)[C@H](O)[C@H]1O)[C@H](O)CO)C(C)C)C(=O)NC(CC(N)=O)C(=O)Nc1ccc(COC(=O)Nc2nccc(-c3sc(C(C)(C)C)nc3-c3cccc(NS(=O)(=O)c4c(F)cccc4F)c3F)n2)cc1. The van der Waals surface area contributed by atoms with Gasteiger partial charge < -0.3 is 82.1 Å². The number of nitrogens with two attached hydrogens (primary N) is 1. The molecular weight excluding hydrogens is 1230 g/mol. The van der Waals surface area contributed by atoms with E-state index >= 15 is 4.39 Å². The number of aliphatic hydroxyl groups excluding tert-OH is 8. The van der Waals surface area contributed by atoms with Crippen molar-refractivity contribution in [2.24, 2.45) is 11.7 Å². The number of aliphatic hydroxyl groups is 8. The number of benzene rings is 3. The van der Waals surface area contributed by atoms with Gasteiger partial charge in [0.25, 0.3) is 15.9 Å². The lowest BCUT2D eigenvalue weighted by atomic mass is 9.98. The minimum absolute atomic E-state index is 0.0135. The monoisotopic (exact) mass is 1290 g/mol. The molecule has 1 saturated heterocycles. The van der Waals surface area contributed by atoms with Crippen molar-refractivity contribution in [1.29, 1.82) is 0 Å². The van der Waals surface area contributed by atoms with Crippen LogP contribution in [0.5, 0.6) is 0 Å². The van der Waals surface area contributed by atoms with Crippen molar-refractivity contribution >= 4 is 74.3 Å².